The molecule has 2 heterocycles. The molecule has 0 amide bonds. The van der Waals surface area contributed by atoms with Gasteiger partial charge in [-0.15, -0.1) is 22.7 Å². The lowest BCUT2D eigenvalue weighted by atomic mass is 10.4. The van der Waals surface area contributed by atoms with Gasteiger partial charge < -0.3 is 5.11 Å². The van der Waals surface area contributed by atoms with Crippen molar-refractivity contribution in [2.24, 2.45) is 0 Å². The predicted molar refractivity (Wildman–Crippen MR) is 57.3 cm³/mol. The fourth-order valence-corrected chi connectivity index (χ4v) is 2.80. The summed E-state index contributed by atoms with van der Waals surface area (Å²) in [4.78, 5) is 15.1. The van der Waals surface area contributed by atoms with E-state index < -0.39 is 12.4 Å². The summed E-state index contributed by atoms with van der Waals surface area (Å²) in [5.74, 6) is -1.03. The molecular formula is C9H5F2NO2S2. The summed E-state index contributed by atoms with van der Waals surface area (Å²) in [6.45, 7) is 0. The summed E-state index contributed by atoms with van der Waals surface area (Å²) in [7, 11) is 0. The number of halogens is 2. The molecule has 0 aliphatic rings. The number of hydrogen-bond acceptors (Lipinski definition) is 4. The summed E-state index contributed by atoms with van der Waals surface area (Å²) >= 11 is 2.10. The van der Waals surface area contributed by atoms with Gasteiger partial charge >= 0.3 is 5.97 Å². The van der Waals surface area contributed by atoms with E-state index in [2.05, 4.69) is 4.98 Å². The van der Waals surface area contributed by atoms with Crippen LogP contribution < -0.4 is 0 Å². The normalized spacial score (nSPS) is 10.9. The maximum atomic E-state index is 12.3. The van der Waals surface area contributed by atoms with Crippen LogP contribution in [0.3, 0.4) is 0 Å². The van der Waals surface area contributed by atoms with Gasteiger partial charge in [-0.1, -0.05) is 0 Å². The van der Waals surface area contributed by atoms with E-state index in [-0.39, 0.29) is 10.6 Å². The van der Waals surface area contributed by atoms with Gasteiger partial charge in [0.1, 0.15) is 15.6 Å². The summed E-state index contributed by atoms with van der Waals surface area (Å²) in [6, 6.07) is 3.01. The van der Waals surface area contributed by atoms with Crippen molar-refractivity contribution in [2.45, 2.75) is 6.43 Å². The Kier molecular flexibility index (Phi) is 2.97. The number of carboxylic acid groups (broad SMARTS) is 1. The van der Waals surface area contributed by atoms with Crippen molar-refractivity contribution in [2.75, 3.05) is 0 Å². The van der Waals surface area contributed by atoms with Crippen molar-refractivity contribution in [3.05, 3.63) is 28.1 Å². The second kappa shape index (κ2) is 4.26. The van der Waals surface area contributed by atoms with Crippen LogP contribution in [0.5, 0.6) is 0 Å². The quantitative estimate of drug-likeness (QED) is 0.919. The molecule has 0 aliphatic carbocycles. The van der Waals surface area contributed by atoms with Gasteiger partial charge in [0.05, 0.1) is 4.88 Å². The predicted octanol–water partition coefficient (Wildman–Crippen LogP) is 3.51. The fourth-order valence-electron chi connectivity index (χ4n) is 1.07. The molecule has 0 fully saturated rings. The molecule has 0 aliphatic heterocycles. The zero-order chi connectivity index (χ0) is 11.7. The highest BCUT2D eigenvalue weighted by atomic mass is 32.1. The number of carbonyl (C=O) groups is 1. The molecule has 84 valence electrons. The lowest BCUT2D eigenvalue weighted by Gasteiger charge is -1.90. The second-order valence-electron chi connectivity index (χ2n) is 2.85. The highest BCUT2D eigenvalue weighted by Crippen LogP contribution is 2.32. The average Bonchev–Trinajstić information content (AvgIpc) is 2.86. The number of carboxylic acids is 1. The number of nitrogens with zero attached hydrogens (tertiary/aromatic N) is 1. The van der Waals surface area contributed by atoms with Crippen LogP contribution in [0.4, 0.5) is 8.78 Å². The van der Waals surface area contributed by atoms with Gasteiger partial charge in [0.2, 0.25) is 0 Å². The first-order chi connectivity index (χ1) is 7.58. The molecule has 0 atom stereocenters. The van der Waals surface area contributed by atoms with Crippen molar-refractivity contribution < 1.29 is 18.7 Å². The third-order valence-electron chi connectivity index (χ3n) is 1.77. The molecule has 1 N–H and O–H groups in total. The molecule has 0 spiro atoms. The number of alkyl halides is 2. The molecule has 0 saturated heterocycles. The van der Waals surface area contributed by atoms with Crippen LogP contribution in [0.2, 0.25) is 0 Å². The minimum Gasteiger partial charge on any atom is -0.477 e. The van der Waals surface area contributed by atoms with Gasteiger partial charge in [-0.3, -0.25) is 0 Å². The Hall–Kier alpha value is -1.34. The third-order valence-corrected chi connectivity index (χ3v) is 3.88. The van der Waals surface area contributed by atoms with Gasteiger partial charge in [0.15, 0.2) is 0 Å². The minimum atomic E-state index is -2.59. The van der Waals surface area contributed by atoms with E-state index in [4.69, 9.17) is 5.11 Å². The number of aromatic carboxylic acids is 1. The number of thiazole rings is 1. The highest BCUT2D eigenvalue weighted by molar-refractivity contribution is 7.22. The topological polar surface area (TPSA) is 50.2 Å². The van der Waals surface area contributed by atoms with Gasteiger partial charge in [0.25, 0.3) is 6.43 Å². The molecule has 0 saturated carbocycles. The summed E-state index contributed by atoms with van der Waals surface area (Å²) in [6.07, 6.45) is -2.59. The van der Waals surface area contributed by atoms with E-state index >= 15 is 0 Å². The highest BCUT2D eigenvalue weighted by Gasteiger charge is 2.15. The molecule has 0 radical (unpaired) electrons. The zero-order valence-electron chi connectivity index (χ0n) is 7.68. The monoisotopic (exact) mass is 261 g/mol. The molecular weight excluding hydrogens is 256 g/mol. The van der Waals surface area contributed by atoms with Crippen molar-refractivity contribution in [1.82, 2.24) is 4.98 Å². The van der Waals surface area contributed by atoms with Crippen LogP contribution in [-0.2, 0) is 0 Å². The number of thiophene rings is 1. The fraction of sp³-hybridized carbons (Fsp3) is 0.111. The van der Waals surface area contributed by atoms with Crippen LogP contribution in [0, 0.1) is 0 Å². The Morgan fingerprint density at radius 2 is 2.19 bits per heavy atom. The Morgan fingerprint density at radius 1 is 1.44 bits per heavy atom. The molecule has 2 rings (SSSR count). The molecule has 16 heavy (non-hydrogen) atoms. The van der Waals surface area contributed by atoms with E-state index in [1.807, 2.05) is 0 Å². The smallest absolute Gasteiger partial charge is 0.345 e. The minimum absolute atomic E-state index is 0.170. The largest absolute Gasteiger partial charge is 0.477 e. The Bertz CT molecular complexity index is 521. The van der Waals surface area contributed by atoms with E-state index in [1.54, 1.807) is 6.07 Å². The first-order valence-corrected chi connectivity index (χ1v) is 5.84. The Balaban J connectivity index is 2.31. The van der Waals surface area contributed by atoms with Gasteiger partial charge in [-0.05, 0) is 12.1 Å². The lowest BCUT2D eigenvalue weighted by molar-refractivity contribution is 0.0702. The molecule has 0 bridgehead atoms. The standard InChI is InChI=1S/C9H5F2NO2S2/c10-7(11)4-3-15-8(12-4)5-1-2-6(16-5)9(13)14/h1-3,7H,(H,13,14). The third kappa shape index (κ3) is 2.10. The average molecular weight is 261 g/mol. The first-order valence-electron chi connectivity index (χ1n) is 4.15. The Morgan fingerprint density at radius 3 is 2.69 bits per heavy atom. The van der Waals surface area contributed by atoms with Crippen LogP contribution in [0.15, 0.2) is 17.5 Å². The van der Waals surface area contributed by atoms with Crippen LogP contribution in [0.25, 0.3) is 9.88 Å². The molecule has 0 unspecified atom stereocenters. The van der Waals surface area contributed by atoms with Crippen LogP contribution in [-0.4, -0.2) is 16.1 Å². The Labute approximate surface area is 97.0 Å². The van der Waals surface area contributed by atoms with Crippen molar-refractivity contribution >= 4 is 28.6 Å². The van der Waals surface area contributed by atoms with E-state index in [1.165, 1.54) is 11.4 Å². The summed E-state index contributed by atoms with van der Waals surface area (Å²) < 4.78 is 24.6. The lowest BCUT2D eigenvalue weighted by Crippen LogP contribution is -1.89. The molecule has 2 aromatic heterocycles. The zero-order valence-corrected chi connectivity index (χ0v) is 9.32. The van der Waals surface area contributed by atoms with Crippen LogP contribution in [0.1, 0.15) is 21.8 Å². The summed E-state index contributed by atoms with van der Waals surface area (Å²) in [5.41, 5.74) is -0.273. The second-order valence-corrected chi connectivity index (χ2v) is 4.79. The van der Waals surface area contributed by atoms with E-state index in [0.717, 1.165) is 22.7 Å². The van der Waals surface area contributed by atoms with E-state index in [9.17, 15) is 13.6 Å². The molecule has 0 aromatic carbocycles. The molecule has 7 heteroatoms. The number of hydrogen-bond donors (Lipinski definition) is 1. The SMILES string of the molecule is O=C(O)c1ccc(-c2nc(C(F)F)cs2)s1. The number of aromatic nitrogens is 1. The molecule has 3 nitrogen and oxygen atoms in total. The van der Waals surface area contributed by atoms with Gasteiger partial charge in [-0.2, -0.15) is 0 Å². The maximum absolute atomic E-state index is 12.3. The first kappa shape index (κ1) is 11.2. The van der Waals surface area contributed by atoms with Crippen molar-refractivity contribution in [1.29, 1.82) is 0 Å². The molecule has 2 aromatic rings. The maximum Gasteiger partial charge on any atom is 0.345 e. The summed E-state index contributed by atoms with van der Waals surface area (Å²) in [5, 5.41) is 10.4. The van der Waals surface area contributed by atoms with E-state index in [0.29, 0.717) is 9.88 Å². The van der Waals surface area contributed by atoms with Crippen molar-refractivity contribution in [3.8, 4) is 9.88 Å². The van der Waals surface area contributed by atoms with Gasteiger partial charge in [-0.25, -0.2) is 18.6 Å². The number of rotatable bonds is 3. The van der Waals surface area contributed by atoms with Crippen molar-refractivity contribution in [3.63, 3.8) is 0 Å². The van der Waals surface area contributed by atoms with Gasteiger partial charge in [0, 0.05) is 5.38 Å². The van der Waals surface area contributed by atoms with Crippen LogP contribution >= 0.6 is 22.7 Å².